The average Bonchev–Trinajstić information content (AvgIpc) is 3.08. The van der Waals surface area contributed by atoms with Crippen molar-refractivity contribution in [3.8, 4) is 0 Å². The van der Waals surface area contributed by atoms with E-state index in [0.717, 1.165) is 42.9 Å². The molecular formula is C21H23FN4O2. The third-order valence-corrected chi connectivity index (χ3v) is 5.41. The fourth-order valence-corrected chi connectivity index (χ4v) is 3.92. The number of anilines is 1. The van der Waals surface area contributed by atoms with Gasteiger partial charge in [0.2, 0.25) is 0 Å². The quantitative estimate of drug-likeness (QED) is 0.712. The molecule has 0 atom stereocenters. The smallest absolute Gasteiger partial charge is 0.256 e. The molecule has 3 heterocycles. The van der Waals surface area contributed by atoms with Gasteiger partial charge in [0, 0.05) is 42.3 Å². The van der Waals surface area contributed by atoms with Crippen molar-refractivity contribution >= 4 is 29.2 Å². The molecule has 0 bridgehead atoms. The summed E-state index contributed by atoms with van der Waals surface area (Å²) in [5.41, 5.74) is 4.66. The van der Waals surface area contributed by atoms with Gasteiger partial charge in [-0.2, -0.15) is 0 Å². The van der Waals surface area contributed by atoms with E-state index in [1.165, 1.54) is 12.1 Å². The van der Waals surface area contributed by atoms with Crippen molar-refractivity contribution in [2.45, 2.75) is 19.8 Å². The molecule has 2 aliphatic rings. The molecule has 6 nitrogen and oxygen atoms in total. The van der Waals surface area contributed by atoms with Gasteiger partial charge in [-0.25, -0.2) is 4.39 Å². The minimum Gasteiger partial charge on any atom is -0.358 e. The Morgan fingerprint density at radius 1 is 1.32 bits per heavy atom. The molecule has 7 heteroatoms. The molecule has 0 aliphatic carbocycles. The standard InChI is InChI=1S/C21H23FN4O2/c1-12-18(11-15-14-10-13(22)5-6-16(14)25-20(15)27)24-17-4-3-8-26(9-7-23-2)21(28)19(12)17/h5-6,10-11,23-24H,3-4,7-9H2,1-2H3,(H,25,27)/b15-11-. The lowest BCUT2D eigenvalue weighted by Crippen LogP contribution is -2.36. The van der Waals surface area contributed by atoms with E-state index in [9.17, 15) is 14.0 Å². The largest absolute Gasteiger partial charge is 0.358 e. The molecule has 4 rings (SSSR count). The number of rotatable bonds is 4. The summed E-state index contributed by atoms with van der Waals surface area (Å²) < 4.78 is 13.7. The maximum atomic E-state index is 13.7. The number of H-pyrrole nitrogens is 1. The van der Waals surface area contributed by atoms with Gasteiger partial charge in [0.15, 0.2) is 0 Å². The number of fused-ring (bicyclic) bond motifs is 2. The van der Waals surface area contributed by atoms with Crippen molar-refractivity contribution in [1.82, 2.24) is 15.2 Å². The Bertz CT molecular complexity index is 993. The van der Waals surface area contributed by atoms with E-state index in [4.69, 9.17) is 0 Å². The zero-order chi connectivity index (χ0) is 19.8. The molecule has 0 radical (unpaired) electrons. The van der Waals surface area contributed by atoms with Crippen LogP contribution < -0.4 is 10.6 Å². The van der Waals surface area contributed by atoms with Crippen molar-refractivity contribution in [3.05, 3.63) is 52.1 Å². The maximum absolute atomic E-state index is 13.7. The number of nitrogens with one attached hydrogen (secondary N) is 3. The van der Waals surface area contributed by atoms with Crippen LogP contribution in [0.1, 0.15) is 39.3 Å². The number of aryl methyl sites for hydroxylation is 1. The molecular weight excluding hydrogens is 359 g/mol. The van der Waals surface area contributed by atoms with Gasteiger partial charge in [-0.3, -0.25) is 9.59 Å². The highest BCUT2D eigenvalue weighted by Crippen LogP contribution is 2.35. The van der Waals surface area contributed by atoms with E-state index in [1.807, 2.05) is 18.9 Å². The van der Waals surface area contributed by atoms with Crippen LogP contribution in [0.5, 0.6) is 0 Å². The number of aromatic amines is 1. The van der Waals surface area contributed by atoms with Crippen molar-refractivity contribution in [2.24, 2.45) is 0 Å². The Hall–Kier alpha value is -2.93. The summed E-state index contributed by atoms with van der Waals surface area (Å²) in [5.74, 6) is -0.647. The number of hydrogen-bond donors (Lipinski definition) is 3. The second-order valence-corrected chi connectivity index (χ2v) is 7.22. The van der Waals surface area contributed by atoms with Crippen LogP contribution in [0, 0.1) is 12.7 Å². The van der Waals surface area contributed by atoms with Gasteiger partial charge in [0.05, 0.1) is 11.1 Å². The zero-order valence-electron chi connectivity index (χ0n) is 16.0. The molecule has 2 amide bonds. The summed E-state index contributed by atoms with van der Waals surface area (Å²) >= 11 is 0. The lowest BCUT2D eigenvalue weighted by atomic mass is 10.0. The first kappa shape index (κ1) is 18.4. The number of benzene rings is 1. The van der Waals surface area contributed by atoms with Gasteiger partial charge in [-0.05, 0) is 56.7 Å². The Labute approximate surface area is 162 Å². The SMILES string of the molecule is CNCCN1CCCc2[nH]c(/C=C3\C(=O)Nc4ccc(F)cc43)c(C)c2C1=O. The predicted molar refractivity (Wildman–Crippen MR) is 107 cm³/mol. The van der Waals surface area contributed by atoms with Crippen LogP contribution in [0.4, 0.5) is 10.1 Å². The molecule has 1 aromatic heterocycles. The zero-order valence-corrected chi connectivity index (χ0v) is 16.0. The molecule has 0 fully saturated rings. The fourth-order valence-electron chi connectivity index (χ4n) is 3.92. The van der Waals surface area contributed by atoms with Crippen LogP contribution in [0.15, 0.2) is 18.2 Å². The average molecular weight is 382 g/mol. The van der Waals surface area contributed by atoms with Crippen LogP contribution in [0.25, 0.3) is 11.6 Å². The molecule has 2 aliphatic heterocycles. The van der Waals surface area contributed by atoms with Crippen molar-refractivity contribution in [3.63, 3.8) is 0 Å². The van der Waals surface area contributed by atoms with E-state index in [-0.39, 0.29) is 11.8 Å². The summed E-state index contributed by atoms with van der Waals surface area (Å²) in [5, 5.41) is 5.84. The Balaban J connectivity index is 1.73. The lowest BCUT2D eigenvalue weighted by molar-refractivity contribution is -0.110. The van der Waals surface area contributed by atoms with E-state index in [1.54, 1.807) is 12.1 Å². The van der Waals surface area contributed by atoms with Gasteiger partial charge in [-0.1, -0.05) is 0 Å². The normalized spacial score (nSPS) is 17.5. The van der Waals surface area contributed by atoms with Gasteiger partial charge >= 0.3 is 0 Å². The van der Waals surface area contributed by atoms with Crippen LogP contribution in [0.3, 0.4) is 0 Å². The predicted octanol–water partition coefficient (Wildman–Crippen LogP) is 2.56. The second-order valence-electron chi connectivity index (χ2n) is 7.22. The Kier molecular flexibility index (Phi) is 4.77. The topological polar surface area (TPSA) is 77.2 Å². The minimum atomic E-state index is -0.393. The molecule has 0 saturated heterocycles. The highest BCUT2D eigenvalue weighted by Gasteiger charge is 2.29. The third-order valence-electron chi connectivity index (χ3n) is 5.41. The highest BCUT2D eigenvalue weighted by atomic mass is 19.1. The van der Waals surface area contributed by atoms with Crippen molar-refractivity contribution in [1.29, 1.82) is 0 Å². The van der Waals surface area contributed by atoms with Gasteiger partial charge in [0.1, 0.15) is 5.82 Å². The van der Waals surface area contributed by atoms with Crippen molar-refractivity contribution < 1.29 is 14.0 Å². The molecule has 28 heavy (non-hydrogen) atoms. The summed E-state index contributed by atoms with van der Waals surface area (Å²) in [6.07, 6.45) is 3.38. The molecule has 1 aromatic carbocycles. The molecule has 0 spiro atoms. The monoisotopic (exact) mass is 382 g/mol. The van der Waals surface area contributed by atoms with Crippen molar-refractivity contribution in [2.75, 3.05) is 32.0 Å². The third kappa shape index (κ3) is 3.11. The number of aromatic nitrogens is 1. The number of carbonyl (C=O) groups is 2. The van der Waals surface area contributed by atoms with Crippen LogP contribution in [-0.2, 0) is 11.2 Å². The summed E-state index contributed by atoms with van der Waals surface area (Å²) in [6.45, 7) is 4.02. The maximum Gasteiger partial charge on any atom is 0.256 e. The van der Waals surface area contributed by atoms with Crippen LogP contribution >= 0.6 is 0 Å². The number of carbonyl (C=O) groups excluding carboxylic acids is 2. The van der Waals surface area contributed by atoms with Gasteiger partial charge < -0.3 is 20.5 Å². The Morgan fingerprint density at radius 2 is 2.14 bits per heavy atom. The summed E-state index contributed by atoms with van der Waals surface area (Å²) in [6, 6.07) is 4.23. The molecule has 146 valence electrons. The fraction of sp³-hybridized carbons (Fsp3) is 0.333. The van der Waals surface area contributed by atoms with Crippen LogP contribution in [-0.4, -0.2) is 48.4 Å². The summed E-state index contributed by atoms with van der Waals surface area (Å²) in [4.78, 5) is 30.6. The van der Waals surface area contributed by atoms with Crippen LogP contribution in [0.2, 0.25) is 0 Å². The first-order chi connectivity index (χ1) is 13.5. The number of halogens is 1. The first-order valence-electron chi connectivity index (χ1n) is 9.48. The van der Waals surface area contributed by atoms with E-state index >= 15 is 0 Å². The lowest BCUT2D eigenvalue weighted by Gasteiger charge is -2.20. The van der Waals surface area contributed by atoms with E-state index < -0.39 is 5.82 Å². The van der Waals surface area contributed by atoms with Gasteiger partial charge in [0.25, 0.3) is 11.8 Å². The highest BCUT2D eigenvalue weighted by molar-refractivity contribution is 6.34. The number of amides is 2. The number of likely N-dealkylation sites (N-methyl/N-ethyl adjacent to an activating group) is 1. The molecule has 3 N–H and O–H groups in total. The first-order valence-corrected chi connectivity index (χ1v) is 9.48. The summed E-state index contributed by atoms with van der Waals surface area (Å²) in [7, 11) is 1.87. The number of hydrogen-bond acceptors (Lipinski definition) is 3. The molecule has 2 aromatic rings. The van der Waals surface area contributed by atoms with Gasteiger partial charge in [-0.15, -0.1) is 0 Å². The Morgan fingerprint density at radius 3 is 2.93 bits per heavy atom. The van der Waals surface area contributed by atoms with E-state index in [0.29, 0.717) is 28.9 Å². The molecule has 0 unspecified atom stereocenters. The molecule has 0 saturated carbocycles. The second kappa shape index (κ2) is 7.24. The van der Waals surface area contributed by atoms with E-state index in [2.05, 4.69) is 15.6 Å². The number of nitrogens with zero attached hydrogens (tertiary/aromatic N) is 1. The minimum absolute atomic E-state index is 0.0171.